The second kappa shape index (κ2) is 9.41. The lowest BCUT2D eigenvalue weighted by Gasteiger charge is -2.33. The quantitative estimate of drug-likeness (QED) is 0.335. The fourth-order valence-corrected chi connectivity index (χ4v) is 7.07. The van der Waals surface area contributed by atoms with Crippen LogP contribution in [0.5, 0.6) is 0 Å². The molecule has 2 saturated carbocycles. The van der Waals surface area contributed by atoms with Gasteiger partial charge >= 0.3 is 0 Å². The predicted molar refractivity (Wildman–Crippen MR) is 141 cm³/mol. The molecule has 2 fully saturated rings. The number of aromatic nitrogens is 2. The average Bonchev–Trinajstić information content (AvgIpc) is 3.14. The van der Waals surface area contributed by atoms with E-state index >= 15 is 0 Å². The molecular weight excluding hydrogens is 488 g/mol. The van der Waals surface area contributed by atoms with Crippen molar-refractivity contribution < 1.29 is 4.79 Å². The molecule has 2 aromatic carbocycles. The molecular formula is C29H33BrN2O2. The van der Waals surface area contributed by atoms with Gasteiger partial charge in [-0.05, 0) is 89.7 Å². The summed E-state index contributed by atoms with van der Waals surface area (Å²) in [6.07, 6.45) is 10.9. The lowest BCUT2D eigenvalue weighted by molar-refractivity contribution is -0.111. The molecule has 1 spiro atoms. The Labute approximate surface area is 209 Å². The molecule has 0 amide bonds. The highest BCUT2D eigenvalue weighted by atomic mass is 79.9. The van der Waals surface area contributed by atoms with Gasteiger partial charge in [0.2, 0.25) is 0 Å². The smallest absolute Gasteiger partial charge is 0.281 e. The van der Waals surface area contributed by atoms with E-state index in [9.17, 15) is 9.59 Å². The Morgan fingerprint density at radius 3 is 2.47 bits per heavy atom. The Kier molecular flexibility index (Phi) is 6.49. The first-order valence-corrected chi connectivity index (χ1v) is 13.7. The van der Waals surface area contributed by atoms with Gasteiger partial charge in [0.05, 0.1) is 22.0 Å². The Morgan fingerprint density at radius 2 is 1.76 bits per heavy atom. The minimum absolute atomic E-state index is 0.135. The third-order valence-corrected chi connectivity index (χ3v) is 8.88. The molecule has 0 saturated heterocycles. The van der Waals surface area contributed by atoms with Crippen LogP contribution in [0.3, 0.4) is 0 Å². The molecule has 0 bridgehead atoms. The second-order valence-corrected chi connectivity index (χ2v) is 10.7. The van der Waals surface area contributed by atoms with Crippen molar-refractivity contribution in [2.75, 3.05) is 0 Å². The summed E-state index contributed by atoms with van der Waals surface area (Å²) in [5, 5.41) is 0.659. The van der Waals surface area contributed by atoms with E-state index in [-0.39, 0.29) is 16.9 Å². The summed E-state index contributed by atoms with van der Waals surface area (Å²) in [5.41, 5.74) is 4.55. The molecule has 1 aromatic heterocycles. The van der Waals surface area contributed by atoms with Crippen LogP contribution in [-0.4, -0.2) is 15.8 Å². The van der Waals surface area contributed by atoms with Gasteiger partial charge in [-0.25, -0.2) is 0 Å². The zero-order valence-electron chi connectivity index (χ0n) is 20.1. The normalized spacial score (nSPS) is 22.6. The van der Waals surface area contributed by atoms with Crippen LogP contribution in [0.1, 0.15) is 94.5 Å². The van der Waals surface area contributed by atoms with Crippen molar-refractivity contribution in [3.63, 3.8) is 0 Å². The number of rotatable bonds is 2. The molecule has 0 radical (unpaired) electrons. The van der Waals surface area contributed by atoms with Crippen molar-refractivity contribution in [1.29, 1.82) is 0 Å². The van der Waals surface area contributed by atoms with E-state index in [1.165, 1.54) is 36.1 Å². The van der Waals surface area contributed by atoms with Gasteiger partial charge in [-0.1, -0.05) is 51.3 Å². The highest BCUT2D eigenvalue weighted by molar-refractivity contribution is 9.10. The zero-order chi connectivity index (χ0) is 23.9. The van der Waals surface area contributed by atoms with Gasteiger partial charge in [-0.15, -0.1) is 0 Å². The number of aldehydes is 1. The van der Waals surface area contributed by atoms with Gasteiger partial charge < -0.3 is 4.79 Å². The highest BCUT2D eigenvalue weighted by Crippen LogP contribution is 2.52. The maximum absolute atomic E-state index is 13.1. The fourth-order valence-electron chi connectivity index (χ4n) is 6.54. The van der Waals surface area contributed by atoms with Gasteiger partial charge in [-0.3, -0.25) is 9.36 Å². The molecule has 5 heteroatoms. The van der Waals surface area contributed by atoms with Crippen molar-refractivity contribution in [2.45, 2.75) is 83.0 Å². The number of carbonyl (C=O) groups is 1. The monoisotopic (exact) mass is 520 g/mol. The first-order valence-electron chi connectivity index (χ1n) is 12.9. The number of fused-ring (bicyclic) bond motifs is 7. The zero-order valence-corrected chi connectivity index (χ0v) is 21.7. The molecule has 2 heterocycles. The molecule has 4 nitrogen and oxygen atoms in total. The topological polar surface area (TPSA) is 52.0 Å². The summed E-state index contributed by atoms with van der Waals surface area (Å²) in [4.78, 5) is 29.1. The number of carbonyl (C=O) groups excluding carboxylic acids is 1. The molecule has 1 aliphatic heterocycles. The molecule has 0 unspecified atom stereocenters. The van der Waals surface area contributed by atoms with E-state index in [0.717, 1.165) is 60.6 Å². The summed E-state index contributed by atoms with van der Waals surface area (Å²) in [6, 6.07) is 13.0. The number of hydrogen-bond acceptors (Lipinski definition) is 3. The summed E-state index contributed by atoms with van der Waals surface area (Å²) >= 11 is 3.59. The minimum Gasteiger partial charge on any atom is -0.303 e. The second-order valence-electron chi connectivity index (χ2n) is 9.88. The van der Waals surface area contributed by atoms with Crippen molar-refractivity contribution in [3.8, 4) is 5.69 Å². The maximum Gasteiger partial charge on any atom is 0.281 e. The van der Waals surface area contributed by atoms with E-state index in [2.05, 4.69) is 44.8 Å². The van der Waals surface area contributed by atoms with Gasteiger partial charge in [-0.2, -0.15) is 4.98 Å². The molecule has 34 heavy (non-hydrogen) atoms. The van der Waals surface area contributed by atoms with Crippen LogP contribution in [0, 0.1) is 5.92 Å². The predicted octanol–water partition coefficient (Wildman–Crippen LogP) is 7.21. The lowest BCUT2D eigenvalue weighted by Crippen LogP contribution is -2.32. The Bertz CT molecular complexity index is 1280. The average molecular weight is 521 g/mol. The summed E-state index contributed by atoms with van der Waals surface area (Å²) in [7, 11) is 0. The Balaban J connectivity index is 0.00000117. The third-order valence-electron chi connectivity index (χ3n) is 8.21. The van der Waals surface area contributed by atoms with Gasteiger partial charge in [0, 0.05) is 10.4 Å². The van der Waals surface area contributed by atoms with Gasteiger partial charge in [0.1, 0.15) is 12.1 Å². The van der Waals surface area contributed by atoms with Crippen molar-refractivity contribution in [2.24, 2.45) is 5.92 Å². The summed E-state index contributed by atoms with van der Waals surface area (Å²) < 4.78 is 3.08. The van der Waals surface area contributed by atoms with E-state index in [0.29, 0.717) is 11.3 Å². The summed E-state index contributed by atoms with van der Waals surface area (Å²) in [5.74, 6) is 1.65. The Hall–Kier alpha value is -2.27. The molecule has 178 valence electrons. The minimum atomic E-state index is -0.156. The van der Waals surface area contributed by atoms with Crippen LogP contribution in [0.25, 0.3) is 16.6 Å². The molecule has 0 atom stereocenters. The number of halogens is 1. The number of nitrogens with zero attached hydrogens (tertiary/aromatic N) is 2. The van der Waals surface area contributed by atoms with Crippen LogP contribution < -0.4 is 5.56 Å². The van der Waals surface area contributed by atoms with Gasteiger partial charge in [0.15, 0.2) is 0 Å². The van der Waals surface area contributed by atoms with Crippen molar-refractivity contribution >= 4 is 33.1 Å². The van der Waals surface area contributed by atoms with E-state index in [4.69, 9.17) is 4.98 Å². The lowest BCUT2D eigenvalue weighted by atomic mass is 9.69. The number of hydrogen-bond donors (Lipinski definition) is 0. The van der Waals surface area contributed by atoms with E-state index < -0.39 is 0 Å². The van der Waals surface area contributed by atoms with Crippen molar-refractivity contribution in [3.05, 3.63) is 68.2 Å². The molecule has 0 N–H and O–H groups in total. The molecule has 2 aliphatic carbocycles. The first-order chi connectivity index (χ1) is 16.6. The third kappa shape index (κ3) is 3.59. The van der Waals surface area contributed by atoms with Crippen LogP contribution in [0.2, 0.25) is 0 Å². The fraction of sp³-hybridized carbons (Fsp3) is 0.483. The van der Waals surface area contributed by atoms with Crippen LogP contribution >= 0.6 is 15.9 Å². The van der Waals surface area contributed by atoms with Gasteiger partial charge in [0.25, 0.3) is 5.56 Å². The molecule has 3 aliphatic rings. The Morgan fingerprint density at radius 1 is 1.03 bits per heavy atom. The molecule has 3 aromatic rings. The van der Waals surface area contributed by atoms with Crippen LogP contribution in [-0.2, 0) is 10.2 Å². The first kappa shape index (κ1) is 23.5. The molecule has 6 rings (SSSR count). The van der Waals surface area contributed by atoms with Crippen molar-refractivity contribution in [1.82, 2.24) is 9.55 Å². The standard InChI is InChI=1S/C27H27BrN2O2.C2H6/c28-21-5-4-6-22-24(21)25(32)29-26-27(13-2-1-3-14-27)20-12-11-19(15-23(20)30(22)26)18-9-7-17(16-31)8-10-18;1-2/h4-6,11-12,15-18H,1-3,7-10,13-14H2;1-2H3. The van der Waals surface area contributed by atoms with Crippen LogP contribution in [0.15, 0.2) is 45.7 Å². The summed E-state index contributed by atoms with van der Waals surface area (Å²) in [6.45, 7) is 4.00. The highest BCUT2D eigenvalue weighted by Gasteiger charge is 2.46. The number of benzene rings is 2. The largest absolute Gasteiger partial charge is 0.303 e. The van der Waals surface area contributed by atoms with E-state index in [1.54, 1.807) is 0 Å². The maximum atomic E-state index is 13.1. The van der Waals surface area contributed by atoms with Crippen LogP contribution in [0.4, 0.5) is 0 Å². The van der Waals surface area contributed by atoms with E-state index in [1.807, 2.05) is 26.0 Å². The SMILES string of the molecule is CC.O=CC1CCC(c2ccc3c(c2)-n2c(nc(=O)c4c(Br)cccc42)C32CCCCC2)CC1.